The fourth-order valence-corrected chi connectivity index (χ4v) is 1.61. The lowest BCUT2D eigenvalue weighted by molar-refractivity contribution is -0.138. The second-order valence-corrected chi connectivity index (χ2v) is 3.53. The summed E-state index contributed by atoms with van der Waals surface area (Å²) >= 11 is 10.7. The molecule has 0 bridgehead atoms. The van der Waals surface area contributed by atoms with Crippen LogP contribution < -0.4 is 4.74 Å². The van der Waals surface area contributed by atoms with E-state index in [4.69, 9.17) is 23.2 Å². The van der Waals surface area contributed by atoms with Crippen LogP contribution in [0.2, 0.25) is 5.02 Å². The summed E-state index contributed by atoms with van der Waals surface area (Å²) in [6, 6.07) is 1.67. The van der Waals surface area contributed by atoms with Gasteiger partial charge in [-0.1, -0.05) is 11.6 Å². The Morgan fingerprint density at radius 2 is 1.94 bits per heavy atom. The third-order valence-corrected chi connectivity index (χ3v) is 2.30. The lowest BCUT2D eigenvalue weighted by Crippen LogP contribution is -2.12. The first-order valence-corrected chi connectivity index (χ1v) is 4.68. The summed E-state index contributed by atoms with van der Waals surface area (Å²) in [7, 11) is 1.10. The van der Waals surface area contributed by atoms with Gasteiger partial charge in [0, 0.05) is 0 Å². The highest BCUT2D eigenvalue weighted by Gasteiger charge is 2.37. The Kier molecular flexibility index (Phi) is 3.70. The molecule has 0 atom stereocenters. The Morgan fingerprint density at radius 1 is 1.38 bits per heavy atom. The molecule has 0 radical (unpaired) electrons. The van der Waals surface area contributed by atoms with Gasteiger partial charge in [0.25, 0.3) is 5.24 Å². The number of hydrogen-bond acceptors (Lipinski definition) is 2. The Balaban J connectivity index is 3.58. The zero-order chi connectivity index (χ0) is 12.5. The summed E-state index contributed by atoms with van der Waals surface area (Å²) in [6.07, 6.45) is -4.70. The van der Waals surface area contributed by atoms with E-state index >= 15 is 0 Å². The van der Waals surface area contributed by atoms with Crippen molar-refractivity contribution < 1.29 is 22.7 Å². The van der Waals surface area contributed by atoms with Crippen molar-refractivity contribution in [2.45, 2.75) is 6.18 Å². The maximum absolute atomic E-state index is 12.5. The Hall–Kier alpha value is -0.940. The molecule has 7 heteroatoms. The normalized spacial score (nSPS) is 11.4. The number of hydrogen-bond donors (Lipinski definition) is 0. The number of halogens is 5. The van der Waals surface area contributed by atoms with Crippen LogP contribution in [0.25, 0.3) is 0 Å². The van der Waals surface area contributed by atoms with Gasteiger partial charge < -0.3 is 4.74 Å². The molecule has 0 aliphatic heterocycles. The van der Waals surface area contributed by atoms with Crippen molar-refractivity contribution in [3.05, 3.63) is 28.3 Å². The van der Waals surface area contributed by atoms with E-state index in [0.29, 0.717) is 6.07 Å². The fourth-order valence-electron chi connectivity index (χ4n) is 1.19. The number of benzene rings is 1. The van der Waals surface area contributed by atoms with Crippen molar-refractivity contribution in [3.63, 3.8) is 0 Å². The molecule has 1 aromatic carbocycles. The number of alkyl halides is 3. The predicted octanol–water partition coefficient (Wildman–Crippen LogP) is 3.75. The SMILES string of the molecule is COc1c(Cl)ccc(C(F)(F)F)c1C(=O)Cl. The van der Waals surface area contributed by atoms with Gasteiger partial charge in [-0.2, -0.15) is 13.2 Å². The zero-order valence-electron chi connectivity index (χ0n) is 7.86. The van der Waals surface area contributed by atoms with Crippen LogP contribution in [0.4, 0.5) is 13.2 Å². The van der Waals surface area contributed by atoms with Crippen molar-refractivity contribution in [1.82, 2.24) is 0 Å². The summed E-state index contributed by atoms with van der Waals surface area (Å²) in [6.45, 7) is 0. The first kappa shape index (κ1) is 13.1. The average Bonchev–Trinajstić information content (AvgIpc) is 2.14. The molecular weight excluding hydrogens is 268 g/mol. The van der Waals surface area contributed by atoms with Crippen LogP contribution in [0.15, 0.2) is 12.1 Å². The third-order valence-electron chi connectivity index (χ3n) is 1.82. The molecule has 0 N–H and O–H groups in total. The van der Waals surface area contributed by atoms with E-state index < -0.39 is 22.5 Å². The number of carbonyl (C=O) groups excluding carboxylic acids is 1. The number of carbonyl (C=O) groups is 1. The van der Waals surface area contributed by atoms with Crippen LogP contribution in [-0.2, 0) is 6.18 Å². The van der Waals surface area contributed by atoms with E-state index in [1.165, 1.54) is 0 Å². The van der Waals surface area contributed by atoms with Crippen LogP contribution in [0.3, 0.4) is 0 Å². The molecule has 0 saturated heterocycles. The van der Waals surface area contributed by atoms with E-state index in [1.807, 2.05) is 0 Å². The molecule has 2 nitrogen and oxygen atoms in total. The van der Waals surface area contributed by atoms with E-state index in [0.717, 1.165) is 13.2 Å². The molecule has 0 fully saturated rings. The molecule has 0 aliphatic rings. The van der Waals surface area contributed by atoms with Gasteiger partial charge in [0.1, 0.15) is 5.75 Å². The van der Waals surface area contributed by atoms with Crippen molar-refractivity contribution >= 4 is 28.4 Å². The molecule has 1 rings (SSSR count). The largest absolute Gasteiger partial charge is 0.494 e. The molecule has 16 heavy (non-hydrogen) atoms. The Morgan fingerprint density at radius 3 is 2.31 bits per heavy atom. The maximum Gasteiger partial charge on any atom is 0.417 e. The molecule has 88 valence electrons. The molecule has 0 unspecified atom stereocenters. The lowest BCUT2D eigenvalue weighted by Gasteiger charge is -2.14. The molecule has 1 aromatic rings. The lowest BCUT2D eigenvalue weighted by atomic mass is 10.1. The second kappa shape index (κ2) is 4.51. The highest BCUT2D eigenvalue weighted by molar-refractivity contribution is 6.68. The molecule has 0 saturated carbocycles. The summed E-state index contributed by atoms with van der Waals surface area (Å²) in [5, 5.41) is -1.38. The summed E-state index contributed by atoms with van der Waals surface area (Å²) in [5.41, 5.74) is -1.95. The smallest absolute Gasteiger partial charge is 0.417 e. The van der Waals surface area contributed by atoms with Crippen molar-refractivity contribution in [2.75, 3.05) is 7.11 Å². The number of methoxy groups -OCH3 is 1. The van der Waals surface area contributed by atoms with Gasteiger partial charge in [0.15, 0.2) is 0 Å². The standard InChI is InChI=1S/C9H5Cl2F3O2/c1-16-7-5(10)3-2-4(9(12,13)14)6(7)8(11)15/h2-3H,1H3. The number of ether oxygens (including phenoxy) is 1. The average molecular weight is 273 g/mol. The molecule has 0 spiro atoms. The van der Waals surface area contributed by atoms with Gasteiger partial charge in [0.05, 0.1) is 23.3 Å². The Bertz CT molecular complexity index is 429. The quantitative estimate of drug-likeness (QED) is 0.767. The van der Waals surface area contributed by atoms with Crippen molar-refractivity contribution in [1.29, 1.82) is 0 Å². The second-order valence-electron chi connectivity index (χ2n) is 2.77. The fraction of sp³-hybridized carbons (Fsp3) is 0.222. The number of rotatable bonds is 2. The summed E-state index contributed by atoms with van der Waals surface area (Å²) < 4.78 is 42.3. The van der Waals surface area contributed by atoms with E-state index in [1.54, 1.807) is 0 Å². The van der Waals surface area contributed by atoms with Crippen LogP contribution >= 0.6 is 23.2 Å². The van der Waals surface area contributed by atoms with Gasteiger partial charge >= 0.3 is 6.18 Å². The molecule has 0 amide bonds. The molecular formula is C9H5Cl2F3O2. The zero-order valence-corrected chi connectivity index (χ0v) is 9.37. The predicted molar refractivity (Wildman–Crippen MR) is 53.2 cm³/mol. The minimum Gasteiger partial charge on any atom is -0.494 e. The van der Waals surface area contributed by atoms with Gasteiger partial charge in [-0.15, -0.1) is 0 Å². The van der Waals surface area contributed by atoms with Crippen LogP contribution in [-0.4, -0.2) is 12.4 Å². The molecule has 0 aliphatic carbocycles. The van der Waals surface area contributed by atoms with E-state index in [-0.39, 0.29) is 10.8 Å². The summed E-state index contributed by atoms with van der Waals surface area (Å²) in [4.78, 5) is 11.0. The van der Waals surface area contributed by atoms with Gasteiger partial charge in [0.2, 0.25) is 0 Å². The van der Waals surface area contributed by atoms with Gasteiger partial charge in [-0.25, -0.2) is 0 Å². The van der Waals surface area contributed by atoms with Gasteiger partial charge in [-0.05, 0) is 23.7 Å². The monoisotopic (exact) mass is 272 g/mol. The maximum atomic E-state index is 12.5. The highest BCUT2D eigenvalue weighted by Crippen LogP contribution is 2.40. The van der Waals surface area contributed by atoms with Gasteiger partial charge in [-0.3, -0.25) is 4.79 Å². The minimum atomic E-state index is -4.70. The first-order valence-electron chi connectivity index (χ1n) is 3.92. The van der Waals surface area contributed by atoms with Crippen molar-refractivity contribution in [3.8, 4) is 5.75 Å². The first-order chi connectivity index (χ1) is 7.29. The van der Waals surface area contributed by atoms with E-state index in [9.17, 15) is 18.0 Å². The van der Waals surface area contributed by atoms with Crippen molar-refractivity contribution in [2.24, 2.45) is 0 Å². The van der Waals surface area contributed by atoms with E-state index in [2.05, 4.69) is 4.74 Å². The topological polar surface area (TPSA) is 26.3 Å². The molecule has 0 aromatic heterocycles. The summed E-state index contributed by atoms with van der Waals surface area (Å²) in [5.74, 6) is -0.378. The highest BCUT2D eigenvalue weighted by atomic mass is 35.5. The third kappa shape index (κ3) is 2.41. The Labute approximate surface area is 98.9 Å². The van der Waals surface area contributed by atoms with Crippen LogP contribution in [0, 0.1) is 0 Å². The van der Waals surface area contributed by atoms with Crippen LogP contribution in [0.1, 0.15) is 15.9 Å². The van der Waals surface area contributed by atoms with Crippen LogP contribution in [0.5, 0.6) is 5.75 Å². The molecule has 0 heterocycles. The minimum absolute atomic E-state index is 0.112.